The monoisotopic (exact) mass is 239 g/mol. The topological polar surface area (TPSA) is 107 Å². The highest BCUT2D eigenvalue weighted by atomic mass is 16.4. The van der Waals surface area contributed by atoms with Crippen LogP contribution in [0.2, 0.25) is 0 Å². The van der Waals surface area contributed by atoms with E-state index in [2.05, 4.69) is 0 Å². The normalized spacial score (nSPS) is 16.0. The molecule has 0 spiro atoms. The van der Waals surface area contributed by atoms with E-state index in [-0.39, 0.29) is 31.2 Å². The molecule has 1 unspecified atom stereocenters. The van der Waals surface area contributed by atoms with Gasteiger partial charge >= 0.3 is 5.97 Å². The highest BCUT2D eigenvalue weighted by Crippen LogP contribution is 2.27. The Morgan fingerprint density at radius 1 is 1.53 bits per heavy atom. The molecule has 0 aromatic rings. The van der Waals surface area contributed by atoms with Gasteiger partial charge in [0.25, 0.3) is 0 Å². The van der Waals surface area contributed by atoms with Gasteiger partial charge < -0.3 is 15.7 Å². The molecule has 1 saturated carbocycles. The van der Waals surface area contributed by atoms with Crippen molar-refractivity contribution in [3.8, 4) is 6.07 Å². The lowest BCUT2D eigenvalue weighted by Crippen LogP contribution is -2.45. The first-order valence-corrected chi connectivity index (χ1v) is 5.71. The van der Waals surface area contributed by atoms with Crippen LogP contribution in [0.4, 0.5) is 0 Å². The number of hydrogen-bond acceptors (Lipinski definition) is 4. The van der Waals surface area contributed by atoms with E-state index >= 15 is 0 Å². The molecular weight excluding hydrogens is 222 g/mol. The molecule has 6 nitrogen and oxygen atoms in total. The second-order valence-corrected chi connectivity index (χ2v) is 4.21. The number of nitrogens with zero attached hydrogens (tertiary/aromatic N) is 2. The van der Waals surface area contributed by atoms with Gasteiger partial charge in [-0.2, -0.15) is 5.26 Å². The van der Waals surface area contributed by atoms with Crippen molar-refractivity contribution in [1.29, 1.82) is 5.26 Å². The second kappa shape index (κ2) is 6.21. The largest absolute Gasteiger partial charge is 0.481 e. The van der Waals surface area contributed by atoms with E-state index < -0.39 is 12.0 Å². The summed E-state index contributed by atoms with van der Waals surface area (Å²) >= 11 is 0. The summed E-state index contributed by atoms with van der Waals surface area (Å²) in [7, 11) is 0. The molecule has 1 aliphatic rings. The third-order valence-electron chi connectivity index (χ3n) is 2.72. The number of nitriles is 1. The van der Waals surface area contributed by atoms with Gasteiger partial charge in [-0.15, -0.1) is 0 Å². The van der Waals surface area contributed by atoms with E-state index in [1.807, 2.05) is 6.07 Å². The van der Waals surface area contributed by atoms with Crippen LogP contribution in [0.5, 0.6) is 0 Å². The van der Waals surface area contributed by atoms with E-state index in [0.717, 1.165) is 12.8 Å². The number of carboxylic acid groups (broad SMARTS) is 1. The molecule has 0 aliphatic heterocycles. The van der Waals surface area contributed by atoms with Crippen molar-refractivity contribution in [1.82, 2.24) is 4.90 Å². The quantitative estimate of drug-likeness (QED) is 0.654. The molecule has 0 aromatic carbocycles. The first-order valence-electron chi connectivity index (χ1n) is 5.71. The second-order valence-electron chi connectivity index (χ2n) is 4.21. The Morgan fingerprint density at radius 2 is 2.18 bits per heavy atom. The molecule has 3 N–H and O–H groups in total. The number of rotatable bonds is 7. The molecule has 1 aliphatic carbocycles. The van der Waals surface area contributed by atoms with Crippen LogP contribution in [-0.4, -0.2) is 40.5 Å². The van der Waals surface area contributed by atoms with E-state index in [1.54, 1.807) is 4.90 Å². The van der Waals surface area contributed by atoms with Crippen molar-refractivity contribution < 1.29 is 14.7 Å². The molecule has 0 radical (unpaired) electrons. The smallest absolute Gasteiger partial charge is 0.303 e. The Bertz CT molecular complexity index is 333. The SMILES string of the molecule is N#CCCN(C(=O)C(N)CCC(=O)O)C1CC1. The van der Waals surface area contributed by atoms with Crippen molar-refractivity contribution in [2.75, 3.05) is 6.54 Å². The Morgan fingerprint density at radius 3 is 2.65 bits per heavy atom. The van der Waals surface area contributed by atoms with E-state index in [9.17, 15) is 9.59 Å². The minimum absolute atomic E-state index is 0.107. The molecule has 0 bridgehead atoms. The Labute approximate surface area is 100.0 Å². The summed E-state index contributed by atoms with van der Waals surface area (Å²) in [6, 6.07) is 1.42. The van der Waals surface area contributed by atoms with E-state index in [1.165, 1.54) is 0 Å². The molecule has 0 aromatic heterocycles. The van der Waals surface area contributed by atoms with Crippen LogP contribution < -0.4 is 5.73 Å². The molecule has 94 valence electrons. The summed E-state index contributed by atoms with van der Waals surface area (Å²) in [5, 5.41) is 17.0. The first kappa shape index (κ1) is 13.5. The van der Waals surface area contributed by atoms with Crippen LogP contribution in [-0.2, 0) is 9.59 Å². The highest BCUT2D eigenvalue weighted by Gasteiger charge is 2.34. The van der Waals surface area contributed by atoms with E-state index in [4.69, 9.17) is 16.1 Å². The maximum Gasteiger partial charge on any atom is 0.303 e. The van der Waals surface area contributed by atoms with Crippen molar-refractivity contribution in [2.45, 2.75) is 44.2 Å². The summed E-state index contributed by atoms with van der Waals surface area (Å²) in [6.45, 7) is 0.390. The van der Waals surface area contributed by atoms with Gasteiger partial charge in [0, 0.05) is 19.0 Å². The molecule has 1 rings (SSSR count). The number of aliphatic carboxylic acids is 1. The molecule has 1 amide bonds. The molecule has 0 saturated heterocycles. The Balaban J connectivity index is 2.46. The van der Waals surface area contributed by atoms with Crippen LogP contribution >= 0.6 is 0 Å². The van der Waals surface area contributed by atoms with Crippen molar-refractivity contribution in [3.63, 3.8) is 0 Å². The fraction of sp³-hybridized carbons (Fsp3) is 0.727. The van der Waals surface area contributed by atoms with Gasteiger partial charge in [-0.3, -0.25) is 9.59 Å². The van der Waals surface area contributed by atoms with Crippen LogP contribution in [0.3, 0.4) is 0 Å². The summed E-state index contributed by atoms with van der Waals surface area (Å²) in [4.78, 5) is 24.0. The molecule has 1 atom stereocenters. The van der Waals surface area contributed by atoms with Crippen LogP contribution in [0, 0.1) is 11.3 Å². The van der Waals surface area contributed by atoms with Crippen molar-refractivity contribution >= 4 is 11.9 Å². The third-order valence-corrected chi connectivity index (χ3v) is 2.72. The van der Waals surface area contributed by atoms with Crippen molar-refractivity contribution in [3.05, 3.63) is 0 Å². The fourth-order valence-corrected chi connectivity index (χ4v) is 1.64. The number of carbonyl (C=O) groups is 2. The highest BCUT2D eigenvalue weighted by molar-refractivity contribution is 5.82. The number of nitrogens with two attached hydrogens (primary N) is 1. The predicted octanol–water partition coefficient (Wildman–Crippen LogP) is 0.0832. The van der Waals surface area contributed by atoms with Crippen molar-refractivity contribution in [2.24, 2.45) is 5.73 Å². The zero-order chi connectivity index (χ0) is 12.8. The zero-order valence-electron chi connectivity index (χ0n) is 9.63. The maximum atomic E-state index is 11.9. The van der Waals surface area contributed by atoms with Gasteiger partial charge in [0.1, 0.15) is 0 Å². The molecular formula is C11H17N3O3. The number of amides is 1. The average Bonchev–Trinajstić information content (AvgIpc) is 3.10. The standard InChI is InChI=1S/C11H17N3O3/c12-6-1-7-14(8-2-3-8)11(17)9(13)4-5-10(15)16/h8-9H,1-5,7,13H2,(H,15,16). The lowest BCUT2D eigenvalue weighted by Gasteiger charge is -2.24. The predicted molar refractivity (Wildman–Crippen MR) is 59.8 cm³/mol. The van der Waals surface area contributed by atoms with Gasteiger partial charge in [0.05, 0.1) is 18.5 Å². The molecule has 0 heterocycles. The molecule has 6 heteroatoms. The van der Waals surface area contributed by atoms with Gasteiger partial charge in [0.15, 0.2) is 0 Å². The minimum Gasteiger partial charge on any atom is -0.481 e. The van der Waals surface area contributed by atoms with Crippen LogP contribution in [0.15, 0.2) is 0 Å². The zero-order valence-corrected chi connectivity index (χ0v) is 9.63. The summed E-state index contributed by atoms with van der Waals surface area (Å²) in [5.41, 5.74) is 5.67. The summed E-state index contributed by atoms with van der Waals surface area (Å²) < 4.78 is 0. The Hall–Kier alpha value is -1.61. The summed E-state index contributed by atoms with van der Waals surface area (Å²) in [6.07, 6.45) is 2.22. The third kappa shape index (κ3) is 4.41. The lowest BCUT2D eigenvalue weighted by molar-refractivity contribution is -0.137. The van der Waals surface area contributed by atoms with Crippen LogP contribution in [0.1, 0.15) is 32.1 Å². The van der Waals surface area contributed by atoms with Crippen LogP contribution in [0.25, 0.3) is 0 Å². The fourth-order valence-electron chi connectivity index (χ4n) is 1.64. The number of hydrogen-bond donors (Lipinski definition) is 2. The number of carboxylic acids is 1. The Kier molecular flexibility index (Phi) is 4.91. The number of carbonyl (C=O) groups excluding carboxylic acids is 1. The first-order chi connectivity index (χ1) is 8.06. The van der Waals surface area contributed by atoms with Gasteiger partial charge in [-0.1, -0.05) is 0 Å². The van der Waals surface area contributed by atoms with Gasteiger partial charge in [0.2, 0.25) is 5.91 Å². The van der Waals surface area contributed by atoms with E-state index in [0.29, 0.717) is 6.54 Å². The average molecular weight is 239 g/mol. The summed E-state index contributed by atoms with van der Waals surface area (Å²) in [5.74, 6) is -1.19. The van der Waals surface area contributed by atoms with Gasteiger partial charge in [-0.05, 0) is 19.3 Å². The maximum absolute atomic E-state index is 11.9. The molecule has 1 fully saturated rings. The minimum atomic E-state index is -0.955. The molecule has 17 heavy (non-hydrogen) atoms. The van der Waals surface area contributed by atoms with Gasteiger partial charge in [-0.25, -0.2) is 0 Å². The lowest BCUT2D eigenvalue weighted by atomic mass is 10.1.